The number of aliphatic hydroxyl groups excluding tert-OH is 1. The number of aliphatic hydroxyl groups is 1. The van der Waals surface area contributed by atoms with Crippen molar-refractivity contribution in [3.05, 3.63) is 0 Å². The fourth-order valence-corrected chi connectivity index (χ4v) is 15.8. The first-order valence-corrected chi connectivity index (χ1v) is 49.9. The standard InChI is InChI=1S/C91H178O17P2/c1-8-10-11-12-13-14-44-51-58-65-72-88(93)101-78-86(107-90(95)75-68-61-54-47-40-34-28-22-20-24-30-36-42-49-56-63-70-83(5)6)80-105-109(97,98)103-76-85(92)77-104-110(99,100)106-81-87(79-102-89(94)73-66-59-52-45-38-32-26-21-19-23-29-35-41-48-55-62-69-82(3)4)108-91(96)74-67-60-53-46-39-33-27-18-16-15-17-25-31-37-43-50-57-64-71-84(7)9-2/h82-87,92H,8-81H2,1-7H3,(H,97,98)(H,99,100)/t84?,85-,86+,87+/m0/s1. The van der Waals surface area contributed by atoms with Crippen LogP contribution in [-0.2, 0) is 65.4 Å². The van der Waals surface area contributed by atoms with Crippen LogP contribution in [0.1, 0.15) is 485 Å². The summed E-state index contributed by atoms with van der Waals surface area (Å²) >= 11 is 0. The molecule has 110 heavy (non-hydrogen) atoms. The van der Waals surface area contributed by atoms with Gasteiger partial charge in [0.15, 0.2) is 12.2 Å². The second kappa shape index (κ2) is 80.8. The van der Waals surface area contributed by atoms with Crippen molar-refractivity contribution in [2.24, 2.45) is 17.8 Å². The Hall–Kier alpha value is -1.94. The minimum Gasteiger partial charge on any atom is -0.462 e. The van der Waals surface area contributed by atoms with Crippen LogP contribution >= 0.6 is 15.6 Å². The fraction of sp³-hybridized carbons (Fsp3) is 0.956. The Morgan fingerprint density at radius 3 is 0.691 bits per heavy atom. The zero-order valence-electron chi connectivity index (χ0n) is 72.7. The summed E-state index contributed by atoms with van der Waals surface area (Å²) in [5, 5.41) is 10.7. The maximum absolute atomic E-state index is 13.2. The number of phosphoric acid groups is 2. The number of ether oxygens (including phenoxy) is 4. The van der Waals surface area contributed by atoms with E-state index in [0.717, 1.165) is 108 Å². The van der Waals surface area contributed by atoms with Gasteiger partial charge in [-0.05, 0) is 43.4 Å². The van der Waals surface area contributed by atoms with E-state index in [0.29, 0.717) is 25.7 Å². The molecule has 654 valence electrons. The molecule has 0 bridgehead atoms. The molecule has 0 radical (unpaired) electrons. The van der Waals surface area contributed by atoms with Gasteiger partial charge in [-0.3, -0.25) is 37.3 Å². The predicted octanol–water partition coefficient (Wildman–Crippen LogP) is 28.0. The van der Waals surface area contributed by atoms with Gasteiger partial charge in [-0.1, -0.05) is 434 Å². The van der Waals surface area contributed by atoms with Crippen molar-refractivity contribution in [2.45, 2.75) is 503 Å². The van der Waals surface area contributed by atoms with E-state index in [-0.39, 0.29) is 25.7 Å². The number of phosphoric ester groups is 2. The predicted molar refractivity (Wildman–Crippen MR) is 455 cm³/mol. The van der Waals surface area contributed by atoms with Crippen molar-refractivity contribution in [1.29, 1.82) is 0 Å². The molecule has 6 atom stereocenters. The maximum Gasteiger partial charge on any atom is 0.472 e. The van der Waals surface area contributed by atoms with Crippen LogP contribution < -0.4 is 0 Å². The van der Waals surface area contributed by atoms with E-state index in [2.05, 4.69) is 48.5 Å². The van der Waals surface area contributed by atoms with Gasteiger partial charge in [0.25, 0.3) is 0 Å². The average Bonchev–Trinajstić information content (AvgIpc) is 0.897. The molecule has 0 spiro atoms. The van der Waals surface area contributed by atoms with Crippen molar-refractivity contribution in [1.82, 2.24) is 0 Å². The van der Waals surface area contributed by atoms with E-state index in [4.69, 9.17) is 37.0 Å². The lowest BCUT2D eigenvalue weighted by atomic mass is 9.99. The highest BCUT2D eigenvalue weighted by Gasteiger charge is 2.31. The number of hydrogen-bond donors (Lipinski definition) is 3. The summed E-state index contributed by atoms with van der Waals surface area (Å²) < 4.78 is 69.0. The first kappa shape index (κ1) is 108. The molecule has 0 aliphatic heterocycles. The third-order valence-corrected chi connectivity index (χ3v) is 23.6. The summed E-state index contributed by atoms with van der Waals surface area (Å²) in [6.45, 7) is 12.1. The molecule has 3 N–H and O–H groups in total. The van der Waals surface area contributed by atoms with Crippen LogP contribution in [0.3, 0.4) is 0 Å². The van der Waals surface area contributed by atoms with Crippen molar-refractivity contribution in [2.75, 3.05) is 39.6 Å². The Balaban J connectivity index is 5.22. The molecule has 3 unspecified atom stereocenters. The summed E-state index contributed by atoms with van der Waals surface area (Å²) in [5.74, 6) is 0.395. The van der Waals surface area contributed by atoms with Crippen LogP contribution in [0.2, 0.25) is 0 Å². The van der Waals surface area contributed by atoms with Gasteiger partial charge in [-0.25, -0.2) is 9.13 Å². The number of rotatable bonds is 89. The van der Waals surface area contributed by atoms with E-state index in [9.17, 15) is 43.2 Å². The zero-order valence-corrected chi connectivity index (χ0v) is 74.5. The Morgan fingerprint density at radius 1 is 0.264 bits per heavy atom. The van der Waals surface area contributed by atoms with Crippen molar-refractivity contribution >= 4 is 39.5 Å². The third-order valence-electron chi connectivity index (χ3n) is 21.7. The largest absolute Gasteiger partial charge is 0.472 e. The Bertz CT molecular complexity index is 2120. The molecule has 0 aromatic carbocycles. The van der Waals surface area contributed by atoms with E-state index >= 15 is 0 Å². The molecular weight excluding hydrogens is 1430 g/mol. The second-order valence-electron chi connectivity index (χ2n) is 33.9. The highest BCUT2D eigenvalue weighted by molar-refractivity contribution is 7.47. The highest BCUT2D eigenvalue weighted by Crippen LogP contribution is 2.45. The third kappa shape index (κ3) is 82.6. The molecule has 0 heterocycles. The molecule has 0 aromatic rings. The number of hydrogen-bond acceptors (Lipinski definition) is 15. The molecule has 19 heteroatoms. The first-order chi connectivity index (χ1) is 53.3. The minimum absolute atomic E-state index is 0.108. The second-order valence-corrected chi connectivity index (χ2v) is 36.8. The van der Waals surface area contributed by atoms with Crippen LogP contribution in [0.25, 0.3) is 0 Å². The summed E-state index contributed by atoms with van der Waals surface area (Å²) in [6, 6.07) is 0. The summed E-state index contributed by atoms with van der Waals surface area (Å²) in [4.78, 5) is 73.4. The van der Waals surface area contributed by atoms with Crippen LogP contribution in [0, 0.1) is 17.8 Å². The van der Waals surface area contributed by atoms with Crippen molar-refractivity contribution in [3.63, 3.8) is 0 Å². The lowest BCUT2D eigenvalue weighted by Gasteiger charge is -2.21. The van der Waals surface area contributed by atoms with Gasteiger partial charge in [0, 0.05) is 25.7 Å². The smallest absolute Gasteiger partial charge is 0.462 e. The highest BCUT2D eigenvalue weighted by atomic mass is 31.2. The van der Waals surface area contributed by atoms with Gasteiger partial charge in [-0.2, -0.15) is 0 Å². The Morgan fingerprint density at radius 2 is 0.464 bits per heavy atom. The van der Waals surface area contributed by atoms with E-state index in [1.54, 1.807) is 0 Å². The Labute approximate surface area is 677 Å². The van der Waals surface area contributed by atoms with Crippen LogP contribution in [0.15, 0.2) is 0 Å². The van der Waals surface area contributed by atoms with Crippen molar-refractivity contribution < 1.29 is 80.2 Å². The topological polar surface area (TPSA) is 237 Å². The maximum atomic E-state index is 13.2. The lowest BCUT2D eigenvalue weighted by molar-refractivity contribution is -0.161. The molecule has 0 amide bonds. The minimum atomic E-state index is -4.97. The zero-order chi connectivity index (χ0) is 80.8. The normalized spacial score (nSPS) is 14.0. The fourth-order valence-electron chi connectivity index (χ4n) is 14.2. The van der Waals surface area contributed by atoms with Gasteiger partial charge in [-0.15, -0.1) is 0 Å². The van der Waals surface area contributed by atoms with E-state index in [1.807, 2.05) is 0 Å². The molecule has 0 aliphatic rings. The summed E-state index contributed by atoms with van der Waals surface area (Å²) in [5.41, 5.74) is 0. The van der Waals surface area contributed by atoms with Gasteiger partial charge in [0.05, 0.1) is 26.4 Å². The quantitative estimate of drug-likeness (QED) is 0.0222. The number of esters is 4. The van der Waals surface area contributed by atoms with E-state index in [1.165, 1.54) is 295 Å². The molecule has 0 saturated heterocycles. The molecular formula is C91H178O17P2. The molecule has 0 rings (SSSR count). The van der Waals surface area contributed by atoms with Gasteiger partial charge < -0.3 is 33.8 Å². The molecule has 0 fully saturated rings. The monoisotopic (exact) mass is 1610 g/mol. The van der Waals surface area contributed by atoms with Crippen LogP contribution in [0.4, 0.5) is 0 Å². The van der Waals surface area contributed by atoms with Crippen LogP contribution in [-0.4, -0.2) is 96.7 Å². The number of carbonyl (C=O) groups is 4. The number of carbonyl (C=O) groups excluding carboxylic acids is 4. The van der Waals surface area contributed by atoms with Crippen LogP contribution in [0.5, 0.6) is 0 Å². The molecule has 0 saturated carbocycles. The molecule has 0 aliphatic carbocycles. The van der Waals surface area contributed by atoms with E-state index < -0.39 is 97.5 Å². The van der Waals surface area contributed by atoms with Gasteiger partial charge in [0.1, 0.15) is 19.3 Å². The average molecular weight is 1610 g/mol. The molecule has 17 nitrogen and oxygen atoms in total. The van der Waals surface area contributed by atoms with Gasteiger partial charge >= 0.3 is 39.5 Å². The SMILES string of the molecule is CCCCCCCCCCCCC(=O)OC[C@H](COP(=O)(O)OC[C@H](O)COP(=O)(O)OC[C@@H](COC(=O)CCCCCCCCCCCCCCCCCCC(C)C)OC(=O)CCCCCCCCCCCCCCCCCCCCC(C)CC)OC(=O)CCCCCCCCCCCCCCCCCCC(C)C. The number of unbranched alkanes of at least 4 members (excludes halogenated alkanes) is 56. The van der Waals surface area contributed by atoms with Crippen molar-refractivity contribution in [3.8, 4) is 0 Å². The Kier molecular flexibility index (Phi) is 79.4. The van der Waals surface area contributed by atoms with Gasteiger partial charge in [0.2, 0.25) is 0 Å². The summed E-state index contributed by atoms with van der Waals surface area (Å²) in [6.07, 6.45) is 73.6. The lowest BCUT2D eigenvalue weighted by Crippen LogP contribution is -2.30. The molecule has 0 aromatic heterocycles. The first-order valence-electron chi connectivity index (χ1n) is 46.9. The summed E-state index contributed by atoms with van der Waals surface area (Å²) in [7, 11) is -9.93.